The number of nitrogens with one attached hydrogen (secondary N) is 1. The van der Waals surface area contributed by atoms with E-state index in [-0.39, 0.29) is 18.0 Å². The molecular formula is C22H29N3O4. The maximum Gasteiger partial charge on any atom is 0.334 e. The molecule has 0 spiro atoms. The minimum atomic E-state index is -0.912. The van der Waals surface area contributed by atoms with Crippen LogP contribution in [0.5, 0.6) is 0 Å². The number of carbonyl (C=O) groups is 4. The van der Waals surface area contributed by atoms with Gasteiger partial charge in [0.2, 0.25) is 5.91 Å². The van der Waals surface area contributed by atoms with Crippen LogP contribution in [0.3, 0.4) is 0 Å². The minimum absolute atomic E-state index is 0.119. The first-order valence-electron chi connectivity index (χ1n) is 10.4. The predicted octanol–water partition coefficient (Wildman–Crippen LogP) is 2.80. The quantitative estimate of drug-likeness (QED) is 0.564. The van der Waals surface area contributed by atoms with Crippen LogP contribution in [0.15, 0.2) is 24.3 Å². The lowest BCUT2D eigenvalue weighted by atomic mass is 9.95. The van der Waals surface area contributed by atoms with Gasteiger partial charge in [-0.1, -0.05) is 57.9 Å². The zero-order valence-electron chi connectivity index (χ0n) is 17.3. The standard InChI is InChI=1S/C22H29N3O4/c1-4-15-9-11-16(12-10-15)19(14(2)3)23-18(26)13-24-20(27)21(28)25(22(24)29)17-7-5-6-8-17/h9-12,14,17,19H,4-8,13H2,1-3H3,(H,23,26)/t19-/m1/s1. The summed E-state index contributed by atoms with van der Waals surface area (Å²) in [5.74, 6) is -2.06. The van der Waals surface area contributed by atoms with Crippen molar-refractivity contribution in [3.8, 4) is 0 Å². The van der Waals surface area contributed by atoms with Crippen molar-refractivity contribution in [2.24, 2.45) is 5.92 Å². The van der Waals surface area contributed by atoms with Gasteiger partial charge in [-0.2, -0.15) is 0 Å². The molecule has 1 heterocycles. The molecule has 0 bridgehead atoms. The van der Waals surface area contributed by atoms with E-state index in [2.05, 4.69) is 12.2 Å². The lowest BCUT2D eigenvalue weighted by Crippen LogP contribution is -2.44. The van der Waals surface area contributed by atoms with Gasteiger partial charge in [0.15, 0.2) is 0 Å². The molecule has 1 aromatic carbocycles. The zero-order chi connectivity index (χ0) is 21.1. The summed E-state index contributed by atoms with van der Waals surface area (Å²) < 4.78 is 0. The second-order valence-electron chi connectivity index (χ2n) is 8.17. The number of rotatable bonds is 7. The first kappa shape index (κ1) is 21.0. The second-order valence-corrected chi connectivity index (χ2v) is 8.17. The monoisotopic (exact) mass is 399 g/mol. The van der Waals surface area contributed by atoms with E-state index >= 15 is 0 Å². The molecule has 0 unspecified atom stereocenters. The van der Waals surface area contributed by atoms with Crippen LogP contribution < -0.4 is 5.32 Å². The van der Waals surface area contributed by atoms with Crippen LogP contribution in [0.1, 0.15) is 63.6 Å². The fourth-order valence-electron chi connectivity index (χ4n) is 4.10. The fraction of sp³-hybridized carbons (Fsp3) is 0.545. The van der Waals surface area contributed by atoms with Crippen LogP contribution in [-0.2, 0) is 20.8 Å². The van der Waals surface area contributed by atoms with Gasteiger partial charge in [0.1, 0.15) is 6.54 Å². The topological polar surface area (TPSA) is 86.8 Å². The van der Waals surface area contributed by atoms with Gasteiger partial charge in [-0.15, -0.1) is 0 Å². The first-order chi connectivity index (χ1) is 13.8. The van der Waals surface area contributed by atoms with Gasteiger partial charge in [0.25, 0.3) is 0 Å². The molecule has 1 saturated heterocycles. The summed E-state index contributed by atoms with van der Waals surface area (Å²) in [6.07, 6.45) is 4.23. The molecule has 2 fully saturated rings. The summed E-state index contributed by atoms with van der Waals surface area (Å²) >= 11 is 0. The van der Waals surface area contributed by atoms with Crippen LogP contribution in [0.25, 0.3) is 0 Å². The molecule has 7 nitrogen and oxygen atoms in total. The lowest BCUT2D eigenvalue weighted by Gasteiger charge is -2.25. The molecule has 2 aliphatic rings. The van der Waals surface area contributed by atoms with Crippen molar-refractivity contribution in [3.05, 3.63) is 35.4 Å². The molecule has 29 heavy (non-hydrogen) atoms. The zero-order valence-corrected chi connectivity index (χ0v) is 17.3. The Morgan fingerprint density at radius 2 is 1.69 bits per heavy atom. The molecule has 1 N–H and O–H groups in total. The van der Waals surface area contributed by atoms with E-state index in [9.17, 15) is 19.2 Å². The van der Waals surface area contributed by atoms with Gasteiger partial charge < -0.3 is 5.32 Å². The molecule has 0 radical (unpaired) electrons. The van der Waals surface area contributed by atoms with Crippen LogP contribution in [0, 0.1) is 5.92 Å². The van der Waals surface area contributed by atoms with Gasteiger partial charge in [0, 0.05) is 6.04 Å². The number of hydrogen-bond donors (Lipinski definition) is 1. The first-order valence-corrected chi connectivity index (χ1v) is 10.4. The largest absolute Gasteiger partial charge is 0.347 e. The second kappa shape index (κ2) is 8.76. The third kappa shape index (κ3) is 4.33. The molecule has 1 atom stereocenters. The van der Waals surface area contributed by atoms with E-state index in [4.69, 9.17) is 0 Å². The SMILES string of the molecule is CCc1ccc([C@H](NC(=O)CN2C(=O)C(=O)N(C3CCCC3)C2=O)C(C)C)cc1. The third-order valence-corrected chi connectivity index (χ3v) is 5.81. The Labute approximate surface area is 171 Å². The Balaban J connectivity index is 1.68. The molecule has 5 amide bonds. The highest BCUT2D eigenvalue weighted by Crippen LogP contribution is 2.28. The summed E-state index contributed by atoms with van der Waals surface area (Å²) in [5, 5.41) is 2.92. The van der Waals surface area contributed by atoms with Crippen molar-refractivity contribution in [1.29, 1.82) is 0 Å². The number of amides is 5. The smallest absolute Gasteiger partial charge is 0.334 e. The van der Waals surface area contributed by atoms with Gasteiger partial charge in [0.05, 0.1) is 6.04 Å². The predicted molar refractivity (Wildman–Crippen MR) is 108 cm³/mol. The molecule has 1 aliphatic carbocycles. The van der Waals surface area contributed by atoms with E-state index in [0.29, 0.717) is 12.8 Å². The Hall–Kier alpha value is -2.70. The number of benzene rings is 1. The number of urea groups is 1. The van der Waals surface area contributed by atoms with Crippen molar-refractivity contribution in [1.82, 2.24) is 15.1 Å². The Bertz CT molecular complexity index is 797. The van der Waals surface area contributed by atoms with Gasteiger partial charge in [-0.25, -0.2) is 9.69 Å². The van der Waals surface area contributed by atoms with E-state index in [1.165, 1.54) is 5.56 Å². The van der Waals surface area contributed by atoms with Crippen LogP contribution in [0.4, 0.5) is 4.79 Å². The summed E-state index contributed by atoms with van der Waals surface area (Å²) in [4.78, 5) is 51.7. The molecule has 0 aromatic heterocycles. The van der Waals surface area contributed by atoms with Crippen LogP contribution >= 0.6 is 0 Å². The van der Waals surface area contributed by atoms with Crippen molar-refractivity contribution >= 4 is 23.8 Å². The molecule has 7 heteroatoms. The van der Waals surface area contributed by atoms with E-state index in [1.54, 1.807) is 0 Å². The van der Waals surface area contributed by atoms with Crippen molar-refractivity contribution in [2.75, 3.05) is 6.54 Å². The van der Waals surface area contributed by atoms with Crippen molar-refractivity contribution < 1.29 is 19.2 Å². The number of aryl methyl sites for hydroxylation is 1. The van der Waals surface area contributed by atoms with E-state index in [1.807, 2.05) is 38.1 Å². The average Bonchev–Trinajstić information content (AvgIpc) is 3.29. The summed E-state index contributed by atoms with van der Waals surface area (Å²) in [7, 11) is 0. The van der Waals surface area contributed by atoms with Crippen molar-refractivity contribution in [3.63, 3.8) is 0 Å². The molecule has 1 aliphatic heterocycles. The van der Waals surface area contributed by atoms with E-state index in [0.717, 1.165) is 34.6 Å². The molecule has 1 saturated carbocycles. The van der Waals surface area contributed by atoms with Crippen molar-refractivity contribution in [2.45, 2.75) is 65.0 Å². The fourth-order valence-corrected chi connectivity index (χ4v) is 4.10. The highest BCUT2D eigenvalue weighted by Gasteiger charge is 2.48. The maximum absolute atomic E-state index is 12.6. The number of hydrogen-bond acceptors (Lipinski definition) is 4. The Morgan fingerprint density at radius 1 is 1.07 bits per heavy atom. The third-order valence-electron chi connectivity index (χ3n) is 5.81. The maximum atomic E-state index is 12.6. The molecule has 1 aromatic rings. The minimum Gasteiger partial charge on any atom is -0.347 e. The lowest BCUT2D eigenvalue weighted by molar-refractivity contribution is -0.144. The summed E-state index contributed by atoms with van der Waals surface area (Å²) in [6, 6.07) is 6.89. The summed E-state index contributed by atoms with van der Waals surface area (Å²) in [5.41, 5.74) is 2.18. The highest BCUT2D eigenvalue weighted by molar-refractivity contribution is 6.45. The Kier molecular flexibility index (Phi) is 6.35. The van der Waals surface area contributed by atoms with Crippen LogP contribution in [-0.4, -0.2) is 46.1 Å². The average molecular weight is 399 g/mol. The highest BCUT2D eigenvalue weighted by atomic mass is 16.2. The number of carbonyl (C=O) groups excluding carboxylic acids is 4. The van der Waals surface area contributed by atoms with Gasteiger partial charge in [-0.05, 0) is 36.3 Å². The molecule has 3 rings (SSSR count). The summed E-state index contributed by atoms with van der Waals surface area (Å²) in [6.45, 7) is 5.63. The Morgan fingerprint density at radius 3 is 2.24 bits per heavy atom. The molecular weight excluding hydrogens is 370 g/mol. The number of nitrogens with zero attached hydrogens (tertiary/aromatic N) is 2. The van der Waals surface area contributed by atoms with Crippen LogP contribution in [0.2, 0.25) is 0 Å². The number of imide groups is 2. The van der Waals surface area contributed by atoms with E-state index < -0.39 is 30.3 Å². The normalized spacial score (nSPS) is 18.8. The van der Waals surface area contributed by atoms with Gasteiger partial charge >= 0.3 is 17.8 Å². The molecule has 156 valence electrons. The van der Waals surface area contributed by atoms with Gasteiger partial charge in [-0.3, -0.25) is 19.3 Å².